The third-order valence-corrected chi connectivity index (χ3v) is 9.91. The number of fused-ring (bicyclic) bond motifs is 6. The molecule has 7 aromatic carbocycles. The molecule has 3 heterocycles. The number of hydrogen-bond acceptors (Lipinski definition) is 2. The van der Waals surface area contributed by atoms with Crippen LogP contribution in [0.1, 0.15) is 22.9 Å². The first-order valence-electron chi connectivity index (χ1n) is 17.1. The Balaban J connectivity index is 1.11. The van der Waals surface area contributed by atoms with E-state index in [1.165, 1.54) is 54.7 Å². The van der Waals surface area contributed by atoms with E-state index in [1.54, 1.807) is 0 Å². The third kappa shape index (κ3) is 4.71. The van der Waals surface area contributed by atoms with Crippen molar-refractivity contribution in [1.82, 2.24) is 19.6 Å². The van der Waals surface area contributed by atoms with Gasteiger partial charge in [-0.2, -0.15) is 0 Å². The minimum atomic E-state index is 0.0851. The molecule has 1 unspecified atom stereocenters. The van der Waals surface area contributed by atoms with Gasteiger partial charge in [0.15, 0.2) is 0 Å². The number of nitrogens with one attached hydrogen (secondary N) is 1. The average molecular weight is 644 g/mol. The van der Waals surface area contributed by atoms with Gasteiger partial charge in [0, 0.05) is 38.5 Å². The van der Waals surface area contributed by atoms with Crippen LogP contribution in [-0.2, 0) is 6.54 Å². The van der Waals surface area contributed by atoms with Crippen molar-refractivity contribution >= 4 is 49.4 Å². The van der Waals surface area contributed by atoms with Gasteiger partial charge in [0.05, 0.1) is 28.6 Å². The Labute approximate surface area is 289 Å². The van der Waals surface area contributed by atoms with Crippen molar-refractivity contribution in [3.05, 3.63) is 193 Å². The number of amidine groups is 1. The van der Waals surface area contributed by atoms with Crippen LogP contribution in [0.15, 0.2) is 181 Å². The molecule has 0 radical (unpaired) electrons. The molecule has 0 saturated carbocycles. The summed E-state index contributed by atoms with van der Waals surface area (Å²) in [7, 11) is 0. The van der Waals surface area contributed by atoms with Gasteiger partial charge in [0.1, 0.15) is 12.0 Å². The van der Waals surface area contributed by atoms with E-state index in [2.05, 4.69) is 189 Å². The second-order valence-corrected chi connectivity index (χ2v) is 12.9. The zero-order chi connectivity index (χ0) is 33.0. The predicted octanol–water partition coefficient (Wildman–Crippen LogP) is 10.3. The fourth-order valence-corrected chi connectivity index (χ4v) is 7.56. The number of rotatable bonds is 6. The molecule has 5 nitrogen and oxygen atoms in total. The Morgan fingerprint density at radius 1 is 0.480 bits per heavy atom. The Bertz CT molecular complexity index is 2670. The summed E-state index contributed by atoms with van der Waals surface area (Å²) < 4.78 is 4.79. The maximum absolute atomic E-state index is 5.21. The van der Waals surface area contributed by atoms with Gasteiger partial charge in [0.2, 0.25) is 0 Å². The van der Waals surface area contributed by atoms with E-state index in [0.29, 0.717) is 6.54 Å². The highest BCUT2D eigenvalue weighted by Crippen LogP contribution is 2.37. The molecule has 1 N–H and O–H groups in total. The van der Waals surface area contributed by atoms with Gasteiger partial charge in [-0.05, 0) is 59.7 Å². The number of aromatic nitrogens is 2. The monoisotopic (exact) mass is 643 g/mol. The molecule has 5 heteroatoms. The second-order valence-electron chi connectivity index (χ2n) is 12.9. The lowest BCUT2D eigenvalue weighted by Gasteiger charge is -2.13. The van der Waals surface area contributed by atoms with E-state index in [1.807, 2.05) is 6.07 Å². The molecule has 1 aliphatic heterocycles. The maximum atomic E-state index is 5.21. The normalized spacial score (nSPS) is 14.7. The van der Waals surface area contributed by atoms with Crippen molar-refractivity contribution in [3.8, 4) is 11.4 Å². The lowest BCUT2D eigenvalue weighted by Crippen LogP contribution is -2.16. The first kappa shape index (κ1) is 28.6. The Hall–Kier alpha value is -6.43. The highest BCUT2D eigenvalue weighted by molar-refractivity contribution is 6.12. The average Bonchev–Trinajstić information content (AvgIpc) is 3.80. The van der Waals surface area contributed by atoms with Crippen LogP contribution in [0.3, 0.4) is 0 Å². The Morgan fingerprint density at radius 3 is 1.68 bits per heavy atom. The first-order chi connectivity index (χ1) is 24.8. The van der Waals surface area contributed by atoms with Crippen LogP contribution in [0.2, 0.25) is 0 Å². The topological polar surface area (TPSA) is 47.2 Å². The lowest BCUT2D eigenvalue weighted by molar-refractivity contribution is 0.717. The van der Waals surface area contributed by atoms with Gasteiger partial charge < -0.3 is 9.13 Å². The van der Waals surface area contributed by atoms with Gasteiger partial charge in [0.25, 0.3) is 0 Å². The smallest absolute Gasteiger partial charge is 0.147 e. The van der Waals surface area contributed by atoms with Crippen molar-refractivity contribution in [2.75, 3.05) is 0 Å². The van der Waals surface area contributed by atoms with Crippen LogP contribution in [0.25, 0.3) is 55.0 Å². The molecule has 1 fully saturated rings. The molecule has 1 saturated heterocycles. The third-order valence-electron chi connectivity index (χ3n) is 9.91. The van der Waals surface area contributed by atoms with Crippen molar-refractivity contribution in [1.29, 1.82) is 0 Å². The molecule has 10 rings (SSSR count). The molecule has 1 atom stereocenters. The summed E-state index contributed by atoms with van der Waals surface area (Å²) in [6.45, 7) is 0.598. The summed E-state index contributed by atoms with van der Waals surface area (Å²) in [5.41, 5.74) is 14.1. The minimum Gasteiger partial charge on any atom is -0.309 e. The maximum Gasteiger partial charge on any atom is 0.147 e. The SMILES string of the molecule is c1ccc(CN=C(c2cccc(-n3c4ccccc4c4cc(-n5c6ccccc6c6ccccc65)ccc43)c2)N2NC2c2ccccc2)cc1. The largest absolute Gasteiger partial charge is 0.309 e. The summed E-state index contributed by atoms with van der Waals surface area (Å²) in [5, 5.41) is 7.16. The van der Waals surface area contributed by atoms with Crippen LogP contribution < -0.4 is 5.43 Å². The molecule has 2 aromatic heterocycles. The number of hydrazine groups is 1. The van der Waals surface area contributed by atoms with Crippen LogP contribution in [0.4, 0.5) is 0 Å². The van der Waals surface area contributed by atoms with E-state index < -0.39 is 0 Å². The van der Waals surface area contributed by atoms with Gasteiger partial charge in [-0.1, -0.05) is 127 Å². The molecular formula is C45H33N5. The zero-order valence-corrected chi connectivity index (χ0v) is 27.3. The minimum absolute atomic E-state index is 0.0851. The summed E-state index contributed by atoms with van der Waals surface area (Å²) in [6, 6.07) is 62.8. The fourth-order valence-electron chi connectivity index (χ4n) is 7.56. The van der Waals surface area contributed by atoms with Crippen LogP contribution in [0, 0.1) is 0 Å². The van der Waals surface area contributed by atoms with Gasteiger partial charge in [-0.25, -0.2) is 5.43 Å². The summed E-state index contributed by atoms with van der Waals surface area (Å²) in [6.07, 6.45) is 0.0851. The van der Waals surface area contributed by atoms with E-state index in [-0.39, 0.29) is 6.17 Å². The number of nitrogens with zero attached hydrogens (tertiary/aromatic N) is 4. The van der Waals surface area contributed by atoms with Crippen LogP contribution >= 0.6 is 0 Å². The Kier molecular flexibility index (Phi) is 6.64. The lowest BCUT2D eigenvalue weighted by atomic mass is 10.1. The number of para-hydroxylation sites is 3. The molecule has 0 amide bonds. The van der Waals surface area contributed by atoms with Crippen molar-refractivity contribution < 1.29 is 0 Å². The van der Waals surface area contributed by atoms with Gasteiger partial charge >= 0.3 is 0 Å². The summed E-state index contributed by atoms with van der Waals surface area (Å²) >= 11 is 0. The van der Waals surface area contributed by atoms with E-state index in [4.69, 9.17) is 4.99 Å². The molecule has 238 valence electrons. The molecule has 0 aliphatic carbocycles. The zero-order valence-electron chi connectivity index (χ0n) is 27.3. The summed E-state index contributed by atoms with van der Waals surface area (Å²) in [5.74, 6) is 0.930. The van der Waals surface area contributed by atoms with Crippen molar-refractivity contribution in [3.63, 3.8) is 0 Å². The van der Waals surface area contributed by atoms with E-state index >= 15 is 0 Å². The number of benzene rings is 7. The highest BCUT2D eigenvalue weighted by Gasteiger charge is 2.38. The molecule has 9 aromatic rings. The fraction of sp³-hybridized carbons (Fsp3) is 0.0444. The quantitative estimate of drug-likeness (QED) is 0.111. The molecular weight excluding hydrogens is 611 g/mol. The number of aliphatic imine (C=N–C) groups is 1. The molecule has 0 bridgehead atoms. The standard InChI is InChI=1S/C45H33N5/c1-3-14-31(15-4-1)30-46-44(50-45(47-50)32-16-5-2-6-17-32)33-18-13-19-34(28-33)48-42-25-12-9-22-38(42)39-29-35(26-27-43(39)48)49-40-23-10-7-20-36(40)37-21-8-11-24-41(37)49/h1-29,45,47H,30H2. The van der Waals surface area contributed by atoms with E-state index in [9.17, 15) is 0 Å². The summed E-state index contributed by atoms with van der Waals surface area (Å²) in [4.78, 5) is 5.21. The number of hydrogen-bond donors (Lipinski definition) is 1. The predicted molar refractivity (Wildman–Crippen MR) is 206 cm³/mol. The first-order valence-corrected chi connectivity index (χ1v) is 17.1. The molecule has 50 heavy (non-hydrogen) atoms. The van der Waals surface area contributed by atoms with Gasteiger partial charge in [-0.15, -0.1) is 0 Å². The van der Waals surface area contributed by atoms with Crippen molar-refractivity contribution in [2.24, 2.45) is 4.99 Å². The van der Waals surface area contributed by atoms with E-state index in [0.717, 1.165) is 22.8 Å². The highest BCUT2D eigenvalue weighted by atomic mass is 15.8. The van der Waals surface area contributed by atoms with Crippen LogP contribution in [0.5, 0.6) is 0 Å². The molecule has 1 aliphatic rings. The van der Waals surface area contributed by atoms with Crippen LogP contribution in [-0.4, -0.2) is 20.0 Å². The van der Waals surface area contributed by atoms with Gasteiger partial charge in [-0.3, -0.25) is 10.0 Å². The Morgan fingerprint density at radius 2 is 1.02 bits per heavy atom. The molecule has 0 spiro atoms. The second kappa shape index (κ2) is 11.6. The van der Waals surface area contributed by atoms with Crippen molar-refractivity contribution in [2.45, 2.75) is 12.7 Å².